The van der Waals surface area contributed by atoms with E-state index in [4.69, 9.17) is 16.7 Å². The molecule has 0 saturated heterocycles. The fourth-order valence-electron chi connectivity index (χ4n) is 1.29. The normalized spacial score (nSPS) is 11.2. The molecule has 4 nitrogen and oxygen atoms in total. The number of sulfonamides is 1. The van der Waals surface area contributed by atoms with Crippen LogP contribution < -0.4 is 4.72 Å². The predicted molar refractivity (Wildman–Crippen MR) is 75.4 cm³/mol. The summed E-state index contributed by atoms with van der Waals surface area (Å²) in [5.74, 6) is 5.35. The number of hydrogen-bond acceptors (Lipinski definition) is 3. The van der Waals surface area contributed by atoms with Crippen LogP contribution in [0.15, 0.2) is 23.1 Å². The van der Waals surface area contributed by atoms with Gasteiger partial charge in [0.2, 0.25) is 10.0 Å². The minimum atomic E-state index is -3.60. The minimum Gasteiger partial charge on any atom is -0.384 e. The number of benzene rings is 1. The average Bonchev–Trinajstić information content (AvgIpc) is 2.34. The van der Waals surface area contributed by atoms with E-state index < -0.39 is 10.0 Å². The quantitative estimate of drug-likeness (QED) is 0.831. The Hall–Kier alpha value is -1.06. The van der Waals surface area contributed by atoms with E-state index in [1.54, 1.807) is 6.07 Å². The van der Waals surface area contributed by atoms with Crippen LogP contribution in [0.2, 0.25) is 5.02 Å². The van der Waals surface area contributed by atoms with Crippen LogP contribution >= 0.6 is 11.6 Å². The molecule has 0 unspecified atom stereocenters. The molecule has 1 rings (SSSR count). The average molecular weight is 302 g/mol. The third-order valence-electron chi connectivity index (χ3n) is 2.21. The molecule has 0 atom stereocenters. The lowest BCUT2D eigenvalue weighted by Gasteiger charge is -2.10. The third-order valence-corrected chi connectivity index (χ3v) is 4.12. The summed E-state index contributed by atoms with van der Waals surface area (Å²) in [6.45, 7) is 3.92. The molecule has 19 heavy (non-hydrogen) atoms. The summed E-state index contributed by atoms with van der Waals surface area (Å²) < 4.78 is 26.5. The Kier molecular flexibility index (Phi) is 5.83. The van der Waals surface area contributed by atoms with Gasteiger partial charge in [0.1, 0.15) is 11.5 Å². The highest BCUT2D eigenvalue weighted by molar-refractivity contribution is 7.89. The van der Waals surface area contributed by atoms with Crippen LogP contribution in [0.4, 0.5) is 0 Å². The molecule has 2 N–H and O–H groups in total. The van der Waals surface area contributed by atoms with Gasteiger partial charge < -0.3 is 5.11 Å². The van der Waals surface area contributed by atoms with Gasteiger partial charge in [0.25, 0.3) is 0 Å². The van der Waals surface area contributed by atoms with Crippen molar-refractivity contribution in [3.8, 4) is 11.8 Å². The Morgan fingerprint density at radius 3 is 2.63 bits per heavy atom. The molecule has 0 radical (unpaired) electrons. The monoisotopic (exact) mass is 301 g/mol. The summed E-state index contributed by atoms with van der Waals surface area (Å²) in [7, 11) is -3.60. The summed E-state index contributed by atoms with van der Waals surface area (Å²) in [6, 6.07) is 4.43. The first-order valence-corrected chi connectivity index (χ1v) is 7.62. The van der Waals surface area contributed by atoms with E-state index in [2.05, 4.69) is 16.6 Å². The molecule has 0 fully saturated rings. The highest BCUT2D eigenvalue weighted by Gasteiger charge is 2.17. The second-order valence-electron chi connectivity index (χ2n) is 4.35. The van der Waals surface area contributed by atoms with E-state index in [0.29, 0.717) is 12.1 Å². The predicted octanol–water partition coefficient (Wildman–Crippen LogP) is 1.62. The molecule has 1 aromatic carbocycles. The summed E-state index contributed by atoms with van der Waals surface area (Å²) in [6.07, 6.45) is 0. The van der Waals surface area contributed by atoms with Gasteiger partial charge in [0.15, 0.2) is 0 Å². The zero-order chi connectivity index (χ0) is 14.5. The van der Waals surface area contributed by atoms with Gasteiger partial charge in [-0.05, 0) is 24.1 Å². The lowest BCUT2D eigenvalue weighted by atomic mass is 10.2. The first kappa shape index (κ1) is 16.0. The van der Waals surface area contributed by atoms with Crippen molar-refractivity contribution in [2.24, 2.45) is 5.92 Å². The summed E-state index contributed by atoms with van der Waals surface area (Å²) in [5.41, 5.74) is 0.557. The summed E-state index contributed by atoms with van der Waals surface area (Å²) >= 11 is 5.96. The van der Waals surface area contributed by atoms with Gasteiger partial charge in [0, 0.05) is 12.1 Å². The van der Waals surface area contributed by atoms with Crippen LogP contribution in [-0.4, -0.2) is 26.7 Å². The molecule has 0 heterocycles. The summed E-state index contributed by atoms with van der Waals surface area (Å²) in [5, 5.41) is 8.70. The van der Waals surface area contributed by atoms with E-state index in [0.717, 1.165) is 0 Å². The Bertz CT molecular complexity index is 600. The van der Waals surface area contributed by atoms with Gasteiger partial charge in [-0.2, -0.15) is 0 Å². The molecule has 0 spiro atoms. The fourth-order valence-corrected chi connectivity index (χ4v) is 3.05. The molecule has 6 heteroatoms. The zero-order valence-corrected chi connectivity index (χ0v) is 12.3. The maximum atomic E-state index is 12.0. The second kappa shape index (κ2) is 6.92. The third kappa shape index (κ3) is 4.84. The van der Waals surface area contributed by atoms with Crippen molar-refractivity contribution in [1.29, 1.82) is 0 Å². The lowest BCUT2D eigenvalue weighted by molar-refractivity contribution is 0.350. The molecule has 0 aliphatic heterocycles. The molecule has 1 aromatic rings. The maximum absolute atomic E-state index is 12.0. The number of halogens is 1. The summed E-state index contributed by atoms with van der Waals surface area (Å²) in [4.78, 5) is 0.0318. The highest BCUT2D eigenvalue weighted by Crippen LogP contribution is 2.22. The van der Waals surface area contributed by atoms with Gasteiger partial charge in [-0.1, -0.05) is 37.3 Å². The molecule has 104 valence electrons. The number of nitrogens with one attached hydrogen (secondary N) is 1. The largest absolute Gasteiger partial charge is 0.384 e. The van der Waals surface area contributed by atoms with E-state index in [1.807, 2.05) is 13.8 Å². The van der Waals surface area contributed by atoms with Crippen LogP contribution in [0, 0.1) is 17.8 Å². The van der Waals surface area contributed by atoms with Crippen LogP contribution in [0.25, 0.3) is 0 Å². The minimum absolute atomic E-state index is 0.0318. The number of rotatable bonds is 4. The van der Waals surface area contributed by atoms with Gasteiger partial charge in [-0.3, -0.25) is 0 Å². The molecule has 0 aromatic heterocycles. The van der Waals surface area contributed by atoms with Crippen LogP contribution in [-0.2, 0) is 10.0 Å². The Balaban J connectivity index is 3.02. The Morgan fingerprint density at radius 2 is 2.11 bits per heavy atom. The van der Waals surface area contributed by atoms with Gasteiger partial charge in [-0.25, -0.2) is 13.1 Å². The lowest BCUT2D eigenvalue weighted by Crippen LogP contribution is -2.27. The van der Waals surface area contributed by atoms with Gasteiger partial charge in [-0.15, -0.1) is 0 Å². The number of aliphatic hydroxyl groups is 1. The number of hydrogen-bond donors (Lipinski definition) is 2. The van der Waals surface area contributed by atoms with Crippen molar-refractivity contribution in [2.45, 2.75) is 18.7 Å². The van der Waals surface area contributed by atoms with Crippen LogP contribution in [0.1, 0.15) is 19.4 Å². The van der Waals surface area contributed by atoms with E-state index in [9.17, 15) is 8.42 Å². The molecular formula is C13H16ClNO3S. The molecule has 0 saturated carbocycles. The van der Waals surface area contributed by atoms with Crippen molar-refractivity contribution < 1.29 is 13.5 Å². The first-order chi connectivity index (χ1) is 8.86. The van der Waals surface area contributed by atoms with E-state index in [-0.39, 0.29) is 22.4 Å². The SMILES string of the molecule is CC(C)CNS(=O)(=O)c1ccc(C#CCO)cc1Cl. The zero-order valence-electron chi connectivity index (χ0n) is 10.8. The van der Waals surface area contributed by atoms with Crippen molar-refractivity contribution in [3.63, 3.8) is 0 Å². The van der Waals surface area contributed by atoms with E-state index >= 15 is 0 Å². The Labute approximate surface area is 118 Å². The number of aliphatic hydroxyl groups excluding tert-OH is 1. The smallest absolute Gasteiger partial charge is 0.242 e. The molecule has 0 bridgehead atoms. The van der Waals surface area contributed by atoms with Crippen molar-refractivity contribution in [2.75, 3.05) is 13.2 Å². The van der Waals surface area contributed by atoms with Crippen LogP contribution in [0.3, 0.4) is 0 Å². The molecule has 0 aliphatic rings. The highest BCUT2D eigenvalue weighted by atomic mass is 35.5. The Morgan fingerprint density at radius 1 is 1.42 bits per heavy atom. The second-order valence-corrected chi connectivity index (χ2v) is 6.49. The van der Waals surface area contributed by atoms with Gasteiger partial charge in [0.05, 0.1) is 5.02 Å². The standard InChI is InChI=1S/C13H16ClNO3S/c1-10(2)9-15-19(17,18)13-6-5-11(4-3-7-16)8-12(13)14/h5-6,8,10,15-16H,7,9H2,1-2H3. The molecule has 0 amide bonds. The van der Waals surface area contributed by atoms with Crippen molar-refractivity contribution in [3.05, 3.63) is 28.8 Å². The van der Waals surface area contributed by atoms with Crippen molar-refractivity contribution >= 4 is 21.6 Å². The topological polar surface area (TPSA) is 66.4 Å². The maximum Gasteiger partial charge on any atom is 0.242 e. The van der Waals surface area contributed by atoms with Crippen LogP contribution in [0.5, 0.6) is 0 Å². The van der Waals surface area contributed by atoms with Gasteiger partial charge >= 0.3 is 0 Å². The molecular weight excluding hydrogens is 286 g/mol. The molecule has 0 aliphatic carbocycles. The van der Waals surface area contributed by atoms with E-state index in [1.165, 1.54) is 12.1 Å². The fraction of sp³-hybridized carbons (Fsp3) is 0.385. The van der Waals surface area contributed by atoms with Crippen molar-refractivity contribution in [1.82, 2.24) is 4.72 Å². The first-order valence-electron chi connectivity index (χ1n) is 5.75.